The SMILES string of the molecule is Cc1n([C@@H]2CCCC/C2=N/O)c2c([n+]1[O-])CCCC2. The van der Waals surface area contributed by atoms with E-state index in [0.717, 1.165) is 73.3 Å². The molecule has 5 heteroatoms. The molecule has 19 heavy (non-hydrogen) atoms. The van der Waals surface area contributed by atoms with Crippen LogP contribution in [0.2, 0.25) is 0 Å². The van der Waals surface area contributed by atoms with Crippen LogP contribution in [0.3, 0.4) is 0 Å². The Morgan fingerprint density at radius 3 is 2.74 bits per heavy atom. The first-order valence-corrected chi connectivity index (χ1v) is 7.27. The number of imidazole rings is 1. The van der Waals surface area contributed by atoms with Gasteiger partial charge in [0.15, 0.2) is 0 Å². The molecule has 3 rings (SSSR count). The molecule has 0 radical (unpaired) electrons. The predicted molar refractivity (Wildman–Crippen MR) is 71.5 cm³/mol. The van der Waals surface area contributed by atoms with Gasteiger partial charge in [0.25, 0.3) is 5.82 Å². The van der Waals surface area contributed by atoms with Gasteiger partial charge in [-0.05, 0) is 38.5 Å². The molecule has 104 valence electrons. The average Bonchev–Trinajstić information content (AvgIpc) is 2.71. The first-order chi connectivity index (χ1) is 9.24. The summed E-state index contributed by atoms with van der Waals surface area (Å²) in [6.07, 6.45) is 8.13. The average molecular weight is 263 g/mol. The number of nitrogens with zero attached hydrogens (tertiary/aromatic N) is 3. The van der Waals surface area contributed by atoms with Crippen molar-refractivity contribution in [3.05, 3.63) is 22.4 Å². The van der Waals surface area contributed by atoms with E-state index >= 15 is 0 Å². The van der Waals surface area contributed by atoms with Crippen LogP contribution in [0.25, 0.3) is 0 Å². The summed E-state index contributed by atoms with van der Waals surface area (Å²) in [4.78, 5) is 0. The maximum Gasteiger partial charge on any atom is 0.257 e. The highest BCUT2D eigenvalue weighted by Gasteiger charge is 2.35. The molecular weight excluding hydrogens is 242 g/mol. The maximum atomic E-state index is 12.3. The molecule has 1 aromatic heterocycles. The number of hydrogen-bond acceptors (Lipinski definition) is 3. The van der Waals surface area contributed by atoms with Crippen LogP contribution in [0.1, 0.15) is 61.8 Å². The molecule has 1 atom stereocenters. The van der Waals surface area contributed by atoms with Crippen LogP contribution in [0.5, 0.6) is 0 Å². The van der Waals surface area contributed by atoms with Crippen molar-refractivity contribution in [3.63, 3.8) is 0 Å². The normalized spacial score (nSPS) is 25.5. The van der Waals surface area contributed by atoms with Gasteiger partial charge in [-0.15, -0.1) is 0 Å². The van der Waals surface area contributed by atoms with E-state index in [-0.39, 0.29) is 6.04 Å². The lowest BCUT2D eigenvalue weighted by Gasteiger charge is -2.23. The van der Waals surface area contributed by atoms with Crippen molar-refractivity contribution in [1.29, 1.82) is 0 Å². The van der Waals surface area contributed by atoms with E-state index in [4.69, 9.17) is 0 Å². The van der Waals surface area contributed by atoms with Crippen LogP contribution in [0, 0.1) is 12.1 Å². The molecule has 1 aromatic rings. The van der Waals surface area contributed by atoms with Crippen molar-refractivity contribution in [2.45, 2.75) is 64.3 Å². The van der Waals surface area contributed by atoms with Gasteiger partial charge in [0.1, 0.15) is 23.1 Å². The lowest BCUT2D eigenvalue weighted by Crippen LogP contribution is -2.34. The number of aromatic nitrogens is 2. The van der Waals surface area contributed by atoms with Gasteiger partial charge in [-0.2, -0.15) is 0 Å². The Balaban J connectivity index is 2.09. The second-order valence-electron chi connectivity index (χ2n) is 5.67. The summed E-state index contributed by atoms with van der Waals surface area (Å²) >= 11 is 0. The van der Waals surface area contributed by atoms with Crippen LogP contribution >= 0.6 is 0 Å². The third-order valence-corrected chi connectivity index (χ3v) is 4.57. The van der Waals surface area contributed by atoms with Gasteiger partial charge < -0.3 is 10.4 Å². The smallest absolute Gasteiger partial charge is 0.257 e. The molecule has 0 aliphatic heterocycles. The largest absolute Gasteiger partial charge is 0.711 e. The Hall–Kier alpha value is -1.52. The Kier molecular flexibility index (Phi) is 3.21. The van der Waals surface area contributed by atoms with Crippen LogP contribution in [-0.2, 0) is 12.8 Å². The Labute approximate surface area is 113 Å². The van der Waals surface area contributed by atoms with Gasteiger partial charge in [0, 0.05) is 19.8 Å². The minimum absolute atomic E-state index is 0.0841. The molecule has 1 heterocycles. The van der Waals surface area contributed by atoms with E-state index < -0.39 is 0 Å². The van der Waals surface area contributed by atoms with Crippen LogP contribution in [0.15, 0.2) is 5.16 Å². The highest BCUT2D eigenvalue weighted by atomic mass is 16.5. The van der Waals surface area contributed by atoms with Crippen molar-refractivity contribution in [2.75, 3.05) is 0 Å². The first-order valence-electron chi connectivity index (χ1n) is 7.27. The van der Waals surface area contributed by atoms with E-state index in [1.165, 1.54) is 5.69 Å². The van der Waals surface area contributed by atoms with Gasteiger partial charge in [-0.25, -0.2) is 9.30 Å². The number of hydrogen-bond donors (Lipinski definition) is 1. The van der Waals surface area contributed by atoms with Crippen LogP contribution in [0.4, 0.5) is 0 Å². The second kappa shape index (κ2) is 4.87. The fourth-order valence-electron chi connectivity index (χ4n) is 3.63. The lowest BCUT2D eigenvalue weighted by atomic mass is 9.92. The monoisotopic (exact) mass is 263 g/mol. The van der Waals surface area contributed by atoms with E-state index in [2.05, 4.69) is 9.72 Å². The van der Waals surface area contributed by atoms with Crippen molar-refractivity contribution in [1.82, 2.24) is 4.57 Å². The number of rotatable bonds is 1. The molecule has 0 unspecified atom stereocenters. The summed E-state index contributed by atoms with van der Waals surface area (Å²) < 4.78 is 3.24. The Bertz CT molecular complexity index is 519. The summed E-state index contributed by atoms with van der Waals surface area (Å²) in [6.45, 7) is 1.88. The van der Waals surface area contributed by atoms with Crippen molar-refractivity contribution in [2.24, 2.45) is 5.16 Å². The first kappa shape index (κ1) is 12.5. The summed E-state index contributed by atoms with van der Waals surface area (Å²) in [7, 11) is 0. The van der Waals surface area contributed by atoms with Crippen molar-refractivity contribution < 1.29 is 9.94 Å². The topological polar surface area (TPSA) is 64.5 Å². The fourth-order valence-corrected chi connectivity index (χ4v) is 3.63. The highest BCUT2D eigenvalue weighted by molar-refractivity contribution is 5.88. The van der Waals surface area contributed by atoms with E-state index in [1.807, 2.05) is 6.92 Å². The second-order valence-corrected chi connectivity index (χ2v) is 5.67. The Morgan fingerprint density at radius 2 is 1.95 bits per heavy atom. The summed E-state index contributed by atoms with van der Waals surface area (Å²) in [6, 6.07) is 0.0841. The summed E-state index contributed by atoms with van der Waals surface area (Å²) in [5.74, 6) is 0.750. The molecule has 0 saturated heterocycles. The molecule has 2 aliphatic rings. The molecule has 0 amide bonds. The summed E-state index contributed by atoms with van der Waals surface area (Å²) in [5.41, 5.74) is 2.94. The lowest BCUT2D eigenvalue weighted by molar-refractivity contribution is -0.620. The molecule has 0 spiro atoms. The minimum atomic E-state index is 0.0841. The van der Waals surface area contributed by atoms with E-state index in [9.17, 15) is 10.4 Å². The van der Waals surface area contributed by atoms with Gasteiger partial charge in [0.05, 0.1) is 0 Å². The molecule has 1 fully saturated rings. The molecule has 1 N–H and O–H groups in total. The fraction of sp³-hybridized carbons (Fsp3) is 0.714. The highest BCUT2D eigenvalue weighted by Crippen LogP contribution is 2.31. The molecule has 5 nitrogen and oxygen atoms in total. The predicted octanol–water partition coefficient (Wildman–Crippen LogP) is 2.25. The van der Waals surface area contributed by atoms with Gasteiger partial charge in [-0.3, -0.25) is 0 Å². The zero-order valence-electron chi connectivity index (χ0n) is 11.4. The molecule has 0 bridgehead atoms. The third-order valence-electron chi connectivity index (χ3n) is 4.57. The standard InChI is InChI=1S/C14H21N3O2/c1-10-16(12-7-3-2-6-11(12)15-18)13-8-4-5-9-14(13)17(10)19/h12,18H,2-9H2,1H3/b15-11-/t12-/m1/s1. The molecular formula is C14H21N3O2. The quantitative estimate of drug-likeness (QED) is 0.365. The maximum absolute atomic E-state index is 12.3. The van der Waals surface area contributed by atoms with Gasteiger partial charge in [-0.1, -0.05) is 5.16 Å². The zero-order chi connectivity index (χ0) is 13.4. The molecule has 0 aromatic carbocycles. The van der Waals surface area contributed by atoms with E-state index in [1.54, 1.807) is 0 Å². The number of oxime groups is 1. The van der Waals surface area contributed by atoms with E-state index in [0.29, 0.717) is 0 Å². The van der Waals surface area contributed by atoms with Crippen LogP contribution in [-0.4, -0.2) is 15.5 Å². The van der Waals surface area contributed by atoms with Gasteiger partial charge in [0.2, 0.25) is 0 Å². The Morgan fingerprint density at radius 1 is 1.21 bits per heavy atom. The van der Waals surface area contributed by atoms with Crippen molar-refractivity contribution >= 4 is 5.71 Å². The number of fused-ring (bicyclic) bond motifs is 1. The molecule has 1 saturated carbocycles. The molecule has 2 aliphatic carbocycles. The third kappa shape index (κ3) is 1.91. The van der Waals surface area contributed by atoms with Crippen LogP contribution < -0.4 is 4.73 Å². The summed E-state index contributed by atoms with van der Waals surface area (Å²) in [5, 5.41) is 25.0. The minimum Gasteiger partial charge on any atom is -0.711 e. The van der Waals surface area contributed by atoms with Gasteiger partial charge >= 0.3 is 0 Å². The zero-order valence-corrected chi connectivity index (χ0v) is 11.4. The van der Waals surface area contributed by atoms with Crippen molar-refractivity contribution in [3.8, 4) is 0 Å².